The lowest BCUT2D eigenvalue weighted by Crippen LogP contribution is -2.30. The van der Waals surface area contributed by atoms with E-state index < -0.39 is 15.7 Å². The summed E-state index contributed by atoms with van der Waals surface area (Å²) >= 11 is 0. The number of amides is 1. The minimum atomic E-state index is -3.91. The van der Waals surface area contributed by atoms with Crippen LogP contribution in [-0.4, -0.2) is 23.9 Å². The summed E-state index contributed by atoms with van der Waals surface area (Å²) < 4.78 is 29.3. The van der Waals surface area contributed by atoms with Gasteiger partial charge in [-0.1, -0.05) is 19.3 Å². The molecule has 0 unspecified atom stereocenters. The summed E-state index contributed by atoms with van der Waals surface area (Å²) in [6.07, 6.45) is 6.90. The fourth-order valence-electron chi connectivity index (χ4n) is 3.40. The van der Waals surface area contributed by atoms with Crippen LogP contribution in [0.3, 0.4) is 0 Å². The van der Waals surface area contributed by atoms with Crippen LogP contribution < -0.4 is 15.7 Å². The Morgan fingerprint density at radius 3 is 2.39 bits per heavy atom. The number of aryl methyl sites for hydroxylation is 1. The molecule has 1 saturated carbocycles. The standard InChI is InChI=1S/C19H24N4O4S/c1-13-12-23(16-6-4-3-5-7-16)19(25)21-18(13)22-28(26,27)17-10-8-15(9-11-17)20-14(2)24/h8-12,16H,3-7H2,1-2H3,(H,20,24)(H,21,22,25). The van der Waals surface area contributed by atoms with Gasteiger partial charge in [0.15, 0.2) is 0 Å². The molecule has 1 fully saturated rings. The largest absolute Gasteiger partial charge is 0.349 e. The molecule has 2 N–H and O–H groups in total. The Labute approximate surface area is 164 Å². The Hall–Kier alpha value is -2.68. The van der Waals surface area contributed by atoms with Crippen molar-refractivity contribution in [2.24, 2.45) is 0 Å². The molecule has 2 aromatic rings. The third-order valence-corrected chi connectivity index (χ3v) is 6.17. The van der Waals surface area contributed by atoms with Gasteiger partial charge in [0.25, 0.3) is 10.0 Å². The highest BCUT2D eigenvalue weighted by molar-refractivity contribution is 7.92. The molecule has 0 spiro atoms. The van der Waals surface area contributed by atoms with E-state index in [0.29, 0.717) is 11.3 Å². The number of anilines is 2. The van der Waals surface area contributed by atoms with Gasteiger partial charge < -0.3 is 5.32 Å². The lowest BCUT2D eigenvalue weighted by Gasteiger charge is -2.24. The van der Waals surface area contributed by atoms with Crippen LogP contribution in [-0.2, 0) is 14.8 Å². The second kappa shape index (κ2) is 8.14. The van der Waals surface area contributed by atoms with Gasteiger partial charge in [-0.25, -0.2) is 13.2 Å². The van der Waals surface area contributed by atoms with Crippen molar-refractivity contribution in [3.63, 3.8) is 0 Å². The molecule has 0 bridgehead atoms. The smallest absolute Gasteiger partial charge is 0.326 e. The molecule has 9 heteroatoms. The number of hydrogen-bond acceptors (Lipinski definition) is 5. The van der Waals surface area contributed by atoms with Gasteiger partial charge in [-0.2, -0.15) is 4.98 Å². The third kappa shape index (κ3) is 4.59. The van der Waals surface area contributed by atoms with E-state index in [2.05, 4.69) is 15.0 Å². The van der Waals surface area contributed by atoms with Crippen LogP contribution in [0.5, 0.6) is 0 Å². The highest BCUT2D eigenvalue weighted by Gasteiger charge is 2.20. The first-order chi connectivity index (χ1) is 13.3. The lowest BCUT2D eigenvalue weighted by atomic mass is 9.95. The van der Waals surface area contributed by atoms with Crippen LogP contribution in [0.1, 0.15) is 50.6 Å². The summed E-state index contributed by atoms with van der Waals surface area (Å²) in [6, 6.07) is 5.88. The second-order valence-corrected chi connectivity index (χ2v) is 8.75. The number of nitrogens with one attached hydrogen (secondary N) is 2. The van der Waals surface area contributed by atoms with Gasteiger partial charge in [-0.15, -0.1) is 0 Å². The van der Waals surface area contributed by atoms with Gasteiger partial charge in [0.05, 0.1) is 4.90 Å². The minimum absolute atomic E-state index is 0.0132. The zero-order valence-electron chi connectivity index (χ0n) is 15.9. The van der Waals surface area contributed by atoms with Crippen LogP contribution in [0.15, 0.2) is 40.2 Å². The van der Waals surface area contributed by atoms with E-state index in [0.717, 1.165) is 25.7 Å². The quantitative estimate of drug-likeness (QED) is 0.796. The van der Waals surface area contributed by atoms with Crippen LogP contribution in [0.2, 0.25) is 0 Å². The Bertz CT molecular complexity index is 1020. The van der Waals surface area contributed by atoms with Crippen molar-refractivity contribution >= 4 is 27.4 Å². The number of rotatable bonds is 5. The highest BCUT2D eigenvalue weighted by atomic mass is 32.2. The summed E-state index contributed by atoms with van der Waals surface area (Å²) in [5.41, 5.74) is 0.635. The first-order valence-electron chi connectivity index (χ1n) is 9.26. The molecule has 28 heavy (non-hydrogen) atoms. The van der Waals surface area contributed by atoms with E-state index in [9.17, 15) is 18.0 Å². The van der Waals surface area contributed by atoms with Crippen molar-refractivity contribution < 1.29 is 13.2 Å². The molecule has 0 saturated heterocycles. The molecule has 0 radical (unpaired) electrons. The summed E-state index contributed by atoms with van der Waals surface area (Å²) in [7, 11) is -3.91. The van der Waals surface area contributed by atoms with E-state index >= 15 is 0 Å². The first-order valence-corrected chi connectivity index (χ1v) is 10.7. The van der Waals surface area contributed by atoms with Gasteiger partial charge in [0.2, 0.25) is 5.91 Å². The van der Waals surface area contributed by atoms with Gasteiger partial charge in [-0.3, -0.25) is 14.1 Å². The zero-order chi connectivity index (χ0) is 20.3. The number of carbonyl (C=O) groups excluding carboxylic acids is 1. The minimum Gasteiger partial charge on any atom is -0.326 e. The van der Waals surface area contributed by atoms with Gasteiger partial charge in [0, 0.05) is 30.4 Å². The molecule has 0 atom stereocenters. The number of hydrogen-bond donors (Lipinski definition) is 2. The van der Waals surface area contributed by atoms with Gasteiger partial charge in [-0.05, 0) is 44.0 Å². The molecule has 150 valence electrons. The van der Waals surface area contributed by atoms with Crippen LogP contribution >= 0.6 is 0 Å². The second-order valence-electron chi connectivity index (χ2n) is 7.07. The summed E-state index contributed by atoms with van der Waals surface area (Å²) in [5, 5.41) is 2.58. The van der Waals surface area contributed by atoms with E-state index in [1.54, 1.807) is 17.7 Å². The molecule has 0 aliphatic heterocycles. The number of carbonyl (C=O) groups is 1. The Kier molecular flexibility index (Phi) is 5.83. The molecule has 8 nitrogen and oxygen atoms in total. The Balaban J connectivity index is 1.83. The van der Waals surface area contributed by atoms with Gasteiger partial charge in [0.1, 0.15) is 5.82 Å². The maximum atomic E-state index is 12.6. The highest BCUT2D eigenvalue weighted by Crippen LogP contribution is 2.27. The third-order valence-electron chi connectivity index (χ3n) is 4.82. The SMILES string of the molecule is CC(=O)Nc1ccc(S(=O)(=O)Nc2nc(=O)n(C3CCCCC3)cc2C)cc1. The number of nitrogens with zero attached hydrogens (tertiary/aromatic N) is 2. The Morgan fingerprint density at radius 1 is 1.14 bits per heavy atom. The summed E-state index contributed by atoms with van der Waals surface area (Å²) in [4.78, 5) is 27.5. The average molecular weight is 404 g/mol. The molecule has 1 aromatic heterocycles. The molecule has 1 aliphatic carbocycles. The molecular weight excluding hydrogens is 380 g/mol. The fraction of sp³-hybridized carbons (Fsp3) is 0.421. The topological polar surface area (TPSA) is 110 Å². The summed E-state index contributed by atoms with van der Waals surface area (Å²) in [6.45, 7) is 3.10. The van der Waals surface area contributed by atoms with Crippen LogP contribution in [0.25, 0.3) is 0 Å². The monoisotopic (exact) mass is 404 g/mol. The van der Waals surface area contributed by atoms with Crippen molar-refractivity contribution in [1.29, 1.82) is 0 Å². The zero-order valence-corrected chi connectivity index (χ0v) is 16.8. The predicted octanol–water partition coefficient (Wildman–Crippen LogP) is 2.82. The van der Waals surface area contributed by atoms with Gasteiger partial charge >= 0.3 is 5.69 Å². The number of sulfonamides is 1. The molecule has 3 rings (SSSR count). The maximum absolute atomic E-state index is 12.6. The van der Waals surface area contributed by atoms with E-state index in [1.165, 1.54) is 37.6 Å². The summed E-state index contributed by atoms with van der Waals surface area (Å²) in [5.74, 6) is -0.213. The lowest BCUT2D eigenvalue weighted by molar-refractivity contribution is -0.114. The fourth-order valence-corrected chi connectivity index (χ4v) is 4.47. The number of benzene rings is 1. The maximum Gasteiger partial charge on any atom is 0.349 e. The van der Waals surface area contributed by atoms with E-state index in [4.69, 9.17) is 0 Å². The normalized spacial score (nSPS) is 15.2. The average Bonchev–Trinajstić information content (AvgIpc) is 2.65. The van der Waals surface area contributed by atoms with Crippen LogP contribution in [0.4, 0.5) is 11.5 Å². The molecular formula is C19H24N4O4S. The molecule has 1 heterocycles. The van der Waals surface area contributed by atoms with Crippen molar-refractivity contribution in [3.05, 3.63) is 46.5 Å². The van der Waals surface area contributed by atoms with Crippen molar-refractivity contribution in [3.8, 4) is 0 Å². The molecule has 1 amide bonds. The van der Waals surface area contributed by atoms with E-state index in [1.807, 2.05) is 0 Å². The molecule has 1 aromatic carbocycles. The van der Waals surface area contributed by atoms with Crippen molar-refractivity contribution in [2.75, 3.05) is 10.0 Å². The van der Waals surface area contributed by atoms with Crippen molar-refractivity contribution in [1.82, 2.24) is 9.55 Å². The Morgan fingerprint density at radius 2 is 1.79 bits per heavy atom. The first kappa shape index (κ1) is 20.1. The van der Waals surface area contributed by atoms with E-state index in [-0.39, 0.29) is 22.7 Å². The van der Waals surface area contributed by atoms with Crippen LogP contribution in [0, 0.1) is 6.92 Å². The number of aromatic nitrogens is 2. The predicted molar refractivity (Wildman–Crippen MR) is 107 cm³/mol. The van der Waals surface area contributed by atoms with Crippen molar-refractivity contribution in [2.45, 2.75) is 56.9 Å². The molecule has 1 aliphatic rings.